The van der Waals surface area contributed by atoms with Gasteiger partial charge in [0.1, 0.15) is 12.4 Å². The van der Waals surface area contributed by atoms with E-state index in [1.807, 2.05) is 49.4 Å². The number of nitrogens with one attached hydrogen (secondary N) is 1. The van der Waals surface area contributed by atoms with E-state index in [2.05, 4.69) is 10.3 Å². The Balaban J connectivity index is 1.57. The molecule has 1 fully saturated rings. The van der Waals surface area contributed by atoms with Gasteiger partial charge in [0.25, 0.3) is 0 Å². The van der Waals surface area contributed by atoms with Crippen molar-refractivity contribution in [1.29, 1.82) is 0 Å². The Morgan fingerprint density at radius 3 is 2.93 bits per heavy atom. The Labute approximate surface area is 164 Å². The second kappa shape index (κ2) is 9.21. The smallest absolute Gasteiger partial charge is 0.317 e. The molecule has 7 nitrogen and oxygen atoms in total. The Morgan fingerprint density at radius 2 is 2.18 bits per heavy atom. The number of rotatable bonds is 6. The van der Waals surface area contributed by atoms with Crippen molar-refractivity contribution in [3.05, 3.63) is 59.9 Å². The number of carbonyl (C=O) groups is 2. The molecule has 0 bridgehead atoms. The quantitative estimate of drug-likeness (QED) is 0.799. The van der Waals surface area contributed by atoms with Crippen molar-refractivity contribution in [2.45, 2.75) is 32.4 Å². The maximum absolute atomic E-state index is 12.5. The van der Waals surface area contributed by atoms with Crippen LogP contribution >= 0.6 is 0 Å². The highest BCUT2D eigenvalue weighted by molar-refractivity contribution is 5.77. The molecule has 2 atom stereocenters. The largest absolute Gasteiger partial charge is 0.487 e. The lowest BCUT2D eigenvalue weighted by atomic mass is 9.98. The van der Waals surface area contributed by atoms with E-state index in [1.54, 1.807) is 11.1 Å². The zero-order valence-electron chi connectivity index (χ0n) is 15.9. The number of likely N-dealkylation sites (tertiary alicyclic amines) is 1. The van der Waals surface area contributed by atoms with Crippen molar-refractivity contribution in [3.63, 3.8) is 0 Å². The van der Waals surface area contributed by atoms with Gasteiger partial charge in [0, 0.05) is 19.3 Å². The molecule has 28 heavy (non-hydrogen) atoms. The fraction of sp³-hybridized carbons (Fsp3) is 0.381. The summed E-state index contributed by atoms with van der Waals surface area (Å²) >= 11 is 0. The number of aromatic nitrogens is 1. The fourth-order valence-corrected chi connectivity index (χ4v) is 3.24. The van der Waals surface area contributed by atoms with Crippen LogP contribution in [0.3, 0.4) is 0 Å². The minimum atomic E-state index is -0.844. The first-order valence-corrected chi connectivity index (χ1v) is 9.44. The van der Waals surface area contributed by atoms with E-state index in [4.69, 9.17) is 4.74 Å². The van der Waals surface area contributed by atoms with Crippen LogP contribution in [-0.4, -0.2) is 40.1 Å². The predicted octanol–water partition coefficient (Wildman–Crippen LogP) is 3.23. The zero-order chi connectivity index (χ0) is 19.9. The lowest BCUT2D eigenvalue weighted by molar-refractivity contribution is -0.143. The van der Waals surface area contributed by atoms with Crippen molar-refractivity contribution < 1.29 is 19.4 Å². The maximum atomic E-state index is 12.5. The first kappa shape index (κ1) is 19.7. The third kappa shape index (κ3) is 5.22. The number of amides is 2. The number of hydrogen-bond donors (Lipinski definition) is 2. The second-order valence-electron chi connectivity index (χ2n) is 6.98. The summed E-state index contributed by atoms with van der Waals surface area (Å²) in [5, 5.41) is 12.1. The zero-order valence-corrected chi connectivity index (χ0v) is 15.9. The molecule has 0 aliphatic carbocycles. The van der Waals surface area contributed by atoms with Crippen molar-refractivity contribution in [1.82, 2.24) is 15.2 Å². The molecule has 2 N–H and O–H groups in total. The van der Waals surface area contributed by atoms with Gasteiger partial charge in [0.15, 0.2) is 0 Å². The molecule has 7 heteroatoms. The standard InChI is InChI=1S/C21H25N3O4/c1-15(23-21(27)24-11-5-7-17(13-24)20(25)26)16-6-4-9-19(12-16)28-14-18-8-2-3-10-22-18/h2-4,6,8-10,12,15,17H,5,7,11,13-14H2,1H3,(H,23,27)(H,25,26). The predicted molar refractivity (Wildman–Crippen MR) is 104 cm³/mol. The van der Waals surface area contributed by atoms with Crippen molar-refractivity contribution in [2.75, 3.05) is 13.1 Å². The SMILES string of the molecule is CC(NC(=O)N1CCCC(C(=O)O)C1)c1cccc(OCc2ccccn2)c1. The molecule has 0 saturated carbocycles. The van der Waals surface area contributed by atoms with Gasteiger partial charge in [0.2, 0.25) is 0 Å². The summed E-state index contributed by atoms with van der Waals surface area (Å²) in [4.78, 5) is 29.5. The van der Waals surface area contributed by atoms with Crippen LogP contribution in [0.1, 0.15) is 37.1 Å². The fourth-order valence-electron chi connectivity index (χ4n) is 3.24. The third-order valence-electron chi connectivity index (χ3n) is 4.87. The maximum Gasteiger partial charge on any atom is 0.317 e. The second-order valence-corrected chi connectivity index (χ2v) is 6.98. The van der Waals surface area contributed by atoms with Crippen LogP contribution in [0.4, 0.5) is 4.79 Å². The lowest BCUT2D eigenvalue weighted by Gasteiger charge is -2.31. The molecule has 1 saturated heterocycles. The molecular formula is C21H25N3O4. The van der Waals surface area contributed by atoms with E-state index < -0.39 is 11.9 Å². The number of urea groups is 1. The third-order valence-corrected chi connectivity index (χ3v) is 4.87. The normalized spacial score (nSPS) is 17.6. The highest BCUT2D eigenvalue weighted by Crippen LogP contribution is 2.21. The Bertz CT molecular complexity index is 812. The van der Waals surface area contributed by atoms with E-state index in [0.717, 1.165) is 11.3 Å². The number of hydrogen-bond acceptors (Lipinski definition) is 4. The summed E-state index contributed by atoms with van der Waals surface area (Å²) in [5.41, 5.74) is 1.76. The molecule has 2 unspecified atom stereocenters. The van der Waals surface area contributed by atoms with Crippen molar-refractivity contribution >= 4 is 12.0 Å². The van der Waals surface area contributed by atoms with Crippen molar-refractivity contribution in [2.24, 2.45) is 5.92 Å². The van der Waals surface area contributed by atoms with Crippen LogP contribution in [0, 0.1) is 5.92 Å². The molecule has 0 spiro atoms. The number of pyridine rings is 1. The number of ether oxygens (including phenoxy) is 1. The van der Waals surface area contributed by atoms with Gasteiger partial charge in [-0.3, -0.25) is 9.78 Å². The number of aliphatic carboxylic acids is 1. The number of carboxylic acids is 1. The summed E-state index contributed by atoms with van der Waals surface area (Å²) in [7, 11) is 0. The summed E-state index contributed by atoms with van der Waals surface area (Å²) in [6.07, 6.45) is 3.04. The van der Waals surface area contributed by atoms with Crippen LogP contribution in [0.15, 0.2) is 48.7 Å². The minimum absolute atomic E-state index is 0.226. The van der Waals surface area contributed by atoms with Crippen LogP contribution in [0.25, 0.3) is 0 Å². The average molecular weight is 383 g/mol. The van der Waals surface area contributed by atoms with Crippen molar-refractivity contribution in [3.8, 4) is 5.75 Å². The van der Waals surface area contributed by atoms with E-state index in [9.17, 15) is 14.7 Å². The monoisotopic (exact) mass is 383 g/mol. The van der Waals surface area contributed by atoms with Gasteiger partial charge in [0.05, 0.1) is 17.7 Å². The summed E-state index contributed by atoms with van der Waals surface area (Å²) in [6.45, 7) is 3.10. The molecule has 1 aromatic heterocycles. The van der Waals surface area contributed by atoms with Crippen LogP contribution in [0.2, 0.25) is 0 Å². The minimum Gasteiger partial charge on any atom is -0.487 e. The van der Waals surface area contributed by atoms with E-state index in [0.29, 0.717) is 31.7 Å². The first-order chi connectivity index (χ1) is 13.5. The molecule has 0 radical (unpaired) electrons. The number of piperidine rings is 1. The van der Waals surface area contributed by atoms with Crippen LogP contribution in [-0.2, 0) is 11.4 Å². The molecule has 148 valence electrons. The van der Waals surface area contributed by atoms with Crippen LogP contribution < -0.4 is 10.1 Å². The van der Waals surface area contributed by atoms with Gasteiger partial charge in [-0.15, -0.1) is 0 Å². The Morgan fingerprint density at radius 1 is 1.32 bits per heavy atom. The summed E-state index contributed by atoms with van der Waals surface area (Å²) in [5.74, 6) is -0.630. The summed E-state index contributed by atoms with van der Waals surface area (Å²) in [6, 6.07) is 12.8. The lowest BCUT2D eigenvalue weighted by Crippen LogP contribution is -2.47. The van der Waals surface area contributed by atoms with Gasteiger partial charge in [-0.05, 0) is 49.6 Å². The summed E-state index contributed by atoms with van der Waals surface area (Å²) < 4.78 is 5.79. The van der Waals surface area contributed by atoms with Gasteiger partial charge in [-0.1, -0.05) is 18.2 Å². The number of benzene rings is 1. The van der Waals surface area contributed by atoms with E-state index >= 15 is 0 Å². The first-order valence-electron chi connectivity index (χ1n) is 9.44. The average Bonchev–Trinajstić information content (AvgIpc) is 2.73. The van der Waals surface area contributed by atoms with Gasteiger partial charge >= 0.3 is 12.0 Å². The Hall–Kier alpha value is -3.09. The molecule has 1 aromatic carbocycles. The molecule has 3 rings (SSSR count). The molecule has 1 aliphatic rings. The number of nitrogens with zero attached hydrogens (tertiary/aromatic N) is 2. The van der Waals surface area contributed by atoms with E-state index in [-0.39, 0.29) is 18.6 Å². The molecule has 2 aromatic rings. The van der Waals surface area contributed by atoms with Gasteiger partial charge in [-0.2, -0.15) is 0 Å². The number of carbonyl (C=O) groups excluding carboxylic acids is 1. The van der Waals surface area contributed by atoms with Gasteiger partial charge < -0.3 is 20.1 Å². The van der Waals surface area contributed by atoms with Crippen LogP contribution in [0.5, 0.6) is 5.75 Å². The van der Waals surface area contributed by atoms with E-state index in [1.165, 1.54) is 0 Å². The topological polar surface area (TPSA) is 91.8 Å². The number of carboxylic acid groups (broad SMARTS) is 1. The molecule has 2 amide bonds. The highest BCUT2D eigenvalue weighted by Gasteiger charge is 2.28. The molecule has 1 aliphatic heterocycles. The van der Waals surface area contributed by atoms with Gasteiger partial charge in [-0.25, -0.2) is 4.79 Å². The Kier molecular flexibility index (Phi) is 6.47. The molecule has 2 heterocycles. The highest BCUT2D eigenvalue weighted by atomic mass is 16.5. The molecular weight excluding hydrogens is 358 g/mol.